The van der Waals surface area contributed by atoms with E-state index in [-0.39, 0.29) is 0 Å². The Morgan fingerprint density at radius 1 is 1.56 bits per heavy atom. The lowest BCUT2D eigenvalue weighted by atomic mass is 9.91. The third-order valence-corrected chi connectivity index (χ3v) is 3.74. The van der Waals surface area contributed by atoms with E-state index < -0.39 is 0 Å². The molecule has 1 aliphatic heterocycles. The first kappa shape index (κ1) is 11.6. The van der Waals surface area contributed by atoms with E-state index in [1.807, 2.05) is 19.4 Å². The van der Waals surface area contributed by atoms with Crippen LogP contribution < -0.4 is 5.73 Å². The normalized spacial score (nSPS) is 27.2. The summed E-state index contributed by atoms with van der Waals surface area (Å²) in [4.78, 5) is 6.87. The van der Waals surface area contributed by atoms with Gasteiger partial charge >= 0.3 is 0 Å². The van der Waals surface area contributed by atoms with Crippen molar-refractivity contribution in [2.45, 2.75) is 32.4 Å². The second-order valence-electron chi connectivity index (χ2n) is 4.85. The number of nitrogens with two attached hydrogens (primary N) is 1. The van der Waals surface area contributed by atoms with E-state index in [2.05, 4.69) is 21.4 Å². The number of imidazole rings is 1. The lowest BCUT2D eigenvalue weighted by Crippen LogP contribution is -2.48. The molecule has 90 valence electrons. The highest BCUT2D eigenvalue weighted by Gasteiger charge is 2.27. The lowest BCUT2D eigenvalue weighted by Gasteiger charge is -2.39. The van der Waals surface area contributed by atoms with Gasteiger partial charge in [0.1, 0.15) is 5.82 Å². The Morgan fingerprint density at radius 2 is 2.38 bits per heavy atom. The summed E-state index contributed by atoms with van der Waals surface area (Å²) < 4.78 is 2.09. The molecular formula is C12H22N4. The standard InChI is InChI=1S/C12H22N4/c1-10-4-3-6-16(11(10)8-13)9-12-14-5-7-15(12)2/h5,7,10-11H,3-4,6,8-9,13H2,1-2H3. The zero-order chi connectivity index (χ0) is 11.5. The van der Waals surface area contributed by atoms with E-state index in [1.165, 1.54) is 12.8 Å². The fourth-order valence-corrected chi connectivity index (χ4v) is 2.64. The first-order valence-corrected chi connectivity index (χ1v) is 6.12. The minimum atomic E-state index is 0.519. The highest BCUT2D eigenvalue weighted by molar-refractivity contribution is 4.93. The Balaban J connectivity index is 2.05. The number of hydrogen-bond donors (Lipinski definition) is 1. The highest BCUT2D eigenvalue weighted by Crippen LogP contribution is 2.23. The monoisotopic (exact) mass is 222 g/mol. The predicted octanol–water partition coefficient (Wildman–Crippen LogP) is 0.979. The van der Waals surface area contributed by atoms with Crippen molar-refractivity contribution < 1.29 is 0 Å². The molecule has 0 bridgehead atoms. The summed E-state index contributed by atoms with van der Waals surface area (Å²) in [5.74, 6) is 1.84. The number of hydrogen-bond acceptors (Lipinski definition) is 3. The number of aryl methyl sites for hydroxylation is 1. The first-order chi connectivity index (χ1) is 7.72. The van der Waals surface area contributed by atoms with Crippen molar-refractivity contribution in [3.8, 4) is 0 Å². The van der Waals surface area contributed by atoms with Crippen LogP contribution in [0.4, 0.5) is 0 Å². The van der Waals surface area contributed by atoms with E-state index >= 15 is 0 Å². The van der Waals surface area contributed by atoms with E-state index in [0.717, 1.165) is 25.5 Å². The summed E-state index contributed by atoms with van der Waals surface area (Å²) in [5.41, 5.74) is 5.88. The minimum Gasteiger partial charge on any atom is -0.337 e. The van der Waals surface area contributed by atoms with Crippen LogP contribution in [-0.2, 0) is 13.6 Å². The smallest absolute Gasteiger partial charge is 0.122 e. The number of aromatic nitrogens is 2. The number of likely N-dealkylation sites (tertiary alicyclic amines) is 1. The van der Waals surface area contributed by atoms with Gasteiger partial charge in [-0.3, -0.25) is 4.90 Å². The Bertz CT molecular complexity index is 334. The van der Waals surface area contributed by atoms with E-state index in [0.29, 0.717) is 12.0 Å². The third kappa shape index (κ3) is 2.28. The van der Waals surface area contributed by atoms with Gasteiger partial charge in [-0.25, -0.2) is 4.98 Å². The van der Waals surface area contributed by atoms with Gasteiger partial charge in [0, 0.05) is 32.0 Å². The third-order valence-electron chi connectivity index (χ3n) is 3.74. The van der Waals surface area contributed by atoms with Crippen LogP contribution >= 0.6 is 0 Å². The van der Waals surface area contributed by atoms with Gasteiger partial charge < -0.3 is 10.3 Å². The molecule has 2 heterocycles. The van der Waals surface area contributed by atoms with Crippen LogP contribution in [0.15, 0.2) is 12.4 Å². The molecule has 4 nitrogen and oxygen atoms in total. The van der Waals surface area contributed by atoms with Crippen LogP contribution in [0.2, 0.25) is 0 Å². The molecular weight excluding hydrogens is 200 g/mol. The minimum absolute atomic E-state index is 0.519. The van der Waals surface area contributed by atoms with Crippen molar-refractivity contribution in [1.82, 2.24) is 14.5 Å². The summed E-state index contributed by atoms with van der Waals surface area (Å²) in [7, 11) is 2.05. The maximum absolute atomic E-state index is 5.88. The molecule has 0 amide bonds. The molecule has 2 unspecified atom stereocenters. The molecule has 2 N–H and O–H groups in total. The topological polar surface area (TPSA) is 47.1 Å². The van der Waals surface area contributed by atoms with Crippen molar-refractivity contribution in [3.63, 3.8) is 0 Å². The maximum Gasteiger partial charge on any atom is 0.122 e. The largest absolute Gasteiger partial charge is 0.337 e. The van der Waals surface area contributed by atoms with Crippen molar-refractivity contribution in [3.05, 3.63) is 18.2 Å². The Morgan fingerprint density at radius 3 is 3.00 bits per heavy atom. The van der Waals surface area contributed by atoms with Crippen LogP contribution in [0.1, 0.15) is 25.6 Å². The Labute approximate surface area is 97.4 Å². The van der Waals surface area contributed by atoms with Gasteiger partial charge in [-0.05, 0) is 25.3 Å². The summed E-state index contributed by atoms with van der Waals surface area (Å²) in [6.07, 6.45) is 6.45. The molecule has 0 aromatic carbocycles. The van der Waals surface area contributed by atoms with Crippen LogP contribution in [0.25, 0.3) is 0 Å². The van der Waals surface area contributed by atoms with Crippen molar-refractivity contribution in [2.24, 2.45) is 18.7 Å². The highest BCUT2D eigenvalue weighted by atomic mass is 15.2. The van der Waals surface area contributed by atoms with Crippen LogP contribution in [-0.4, -0.2) is 33.6 Å². The molecule has 16 heavy (non-hydrogen) atoms. The van der Waals surface area contributed by atoms with Crippen molar-refractivity contribution >= 4 is 0 Å². The summed E-state index contributed by atoms with van der Waals surface area (Å²) in [6, 6.07) is 0.519. The molecule has 1 aromatic rings. The van der Waals surface area contributed by atoms with Gasteiger partial charge in [0.15, 0.2) is 0 Å². The zero-order valence-electron chi connectivity index (χ0n) is 10.3. The molecule has 4 heteroatoms. The number of rotatable bonds is 3. The molecule has 2 atom stereocenters. The second kappa shape index (κ2) is 4.97. The van der Waals surface area contributed by atoms with E-state index in [9.17, 15) is 0 Å². The summed E-state index contributed by atoms with van der Waals surface area (Å²) >= 11 is 0. The summed E-state index contributed by atoms with van der Waals surface area (Å²) in [5, 5.41) is 0. The molecule has 1 aliphatic rings. The van der Waals surface area contributed by atoms with Crippen molar-refractivity contribution in [2.75, 3.05) is 13.1 Å². The van der Waals surface area contributed by atoms with Gasteiger partial charge in [-0.2, -0.15) is 0 Å². The zero-order valence-corrected chi connectivity index (χ0v) is 10.3. The first-order valence-electron chi connectivity index (χ1n) is 6.12. The average Bonchev–Trinajstić information content (AvgIpc) is 2.65. The SMILES string of the molecule is CC1CCCN(Cc2nccn2C)C1CN. The van der Waals surface area contributed by atoms with Crippen LogP contribution in [0.3, 0.4) is 0 Å². The quantitative estimate of drug-likeness (QED) is 0.829. The van der Waals surface area contributed by atoms with Gasteiger partial charge in [-0.15, -0.1) is 0 Å². The Kier molecular flexibility index (Phi) is 3.61. The number of piperidine rings is 1. The number of nitrogens with zero attached hydrogens (tertiary/aromatic N) is 3. The van der Waals surface area contributed by atoms with Crippen LogP contribution in [0.5, 0.6) is 0 Å². The van der Waals surface area contributed by atoms with Gasteiger partial charge in [0.05, 0.1) is 6.54 Å². The predicted molar refractivity (Wildman–Crippen MR) is 64.9 cm³/mol. The molecule has 0 aliphatic carbocycles. The summed E-state index contributed by atoms with van der Waals surface area (Å²) in [6.45, 7) is 5.14. The molecule has 0 saturated carbocycles. The van der Waals surface area contributed by atoms with E-state index in [1.54, 1.807) is 0 Å². The molecule has 1 fully saturated rings. The maximum atomic E-state index is 5.88. The molecule has 1 aromatic heterocycles. The van der Waals surface area contributed by atoms with Crippen LogP contribution in [0, 0.1) is 5.92 Å². The van der Waals surface area contributed by atoms with Gasteiger partial charge in [0.2, 0.25) is 0 Å². The Hall–Kier alpha value is -0.870. The van der Waals surface area contributed by atoms with Gasteiger partial charge in [0.25, 0.3) is 0 Å². The fraction of sp³-hybridized carbons (Fsp3) is 0.750. The van der Waals surface area contributed by atoms with Gasteiger partial charge in [-0.1, -0.05) is 6.92 Å². The molecule has 2 rings (SSSR count). The molecule has 0 radical (unpaired) electrons. The second-order valence-corrected chi connectivity index (χ2v) is 4.85. The molecule has 1 saturated heterocycles. The lowest BCUT2D eigenvalue weighted by molar-refractivity contribution is 0.0955. The average molecular weight is 222 g/mol. The van der Waals surface area contributed by atoms with Crippen molar-refractivity contribution in [1.29, 1.82) is 0 Å². The van der Waals surface area contributed by atoms with E-state index in [4.69, 9.17) is 5.73 Å². The fourth-order valence-electron chi connectivity index (χ4n) is 2.64. The molecule has 0 spiro atoms.